The van der Waals surface area contributed by atoms with Gasteiger partial charge in [-0.2, -0.15) is 0 Å². The van der Waals surface area contributed by atoms with Crippen molar-refractivity contribution in [3.05, 3.63) is 64.4 Å². The van der Waals surface area contributed by atoms with Crippen molar-refractivity contribution in [3.8, 4) is 0 Å². The van der Waals surface area contributed by atoms with Gasteiger partial charge in [0.05, 0.1) is 18.7 Å². The van der Waals surface area contributed by atoms with Crippen LogP contribution in [0.4, 0.5) is 10.1 Å². The van der Waals surface area contributed by atoms with E-state index >= 15 is 0 Å². The third kappa shape index (κ3) is 4.96. The summed E-state index contributed by atoms with van der Waals surface area (Å²) in [6, 6.07) is 13.0. The lowest BCUT2D eigenvalue weighted by molar-refractivity contribution is -0.123. The van der Waals surface area contributed by atoms with E-state index in [1.165, 1.54) is 18.2 Å². The number of amides is 2. The molecule has 0 saturated carbocycles. The molecule has 0 bridgehead atoms. The van der Waals surface area contributed by atoms with Crippen molar-refractivity contribution < 1.29 is 14.0 Å². The average Bonchev–Trinajstić information content (AvgIpc) is 2.48. The number of anilines is 1. The third-order valence-electron chi connectivity index (χ3n) is 2.85. The van der Waals surface area contributed by atoms with Crippen LogP contribution in [0.15, 0.2) is 53.0 Å². The van der Waals surface area contributed by atoms with E-state index in [-0.39, 0.29) is 24.8 Å². The highest BCUT2D eigenvalue weighted by Crippen LogP contribution is 2.20. The first kappa shape index (κ1) is 16.2. The number of hydrogen-bond donors (Lipinski definition) is 2. The molecule has 0 aliphatic heterocycles. The van der Waals surface area contributed by atoms with Crippen LogP contribution in [0.1, 0.15) is 5.56 Å². The molecular formula is C16H14BrFN2O2. The van der Waals surface area contributed by atoms with Crippen LogP contribution in [-0.2, 0) is 16.0 Å². The predicted molar refractivity (Wildman–Crippen MR) is 85.9 cm³/mol. The van der Waals surface area contributed by atoms with Crippen molar-refractivity contribution in [2.75, 3.05) is 11.9 Å². The van der Waals surface area contributed by atoms with Crippen LogP contribution in [-0.4, -0.2) is 18.4 Å². The lowest BCUT2D eigenvalue weighted by Crippen LogP contribution is -2.33. The number of halogens is 2. The predicted octanol–water partition coefficient (Wildman–Crippen LogP) is 2.89. The Balaban J connectivity index is 1.81. The van der Waals surface area contributed by atoms with E-state index in [9.17, 15) is 14.0 Å². The van der Waals surface area contributed by atoms with Crippen molar-refractivity contribution in [1.82, 2.24) is 5.32 Å². The van der Waals surface area contributed by atoms with Crippen LogP contribution >= 0.6 is 15.9 Å². The fourth-order valence-corrected chi connectivity index (χ4v) is 2.21. The van der Waals surface area contributed by atoms with Crippen molar-refractivity contribution in [1.29, 1.82) is 0 Å². The minimum atomic E-state index is -0.392. The van der Waals surface area contributed by atoms with Crippen LogP contribution in [0.25, 0.3) is 0 Å². The summed E-state index contributed by atoms with van der Waals surface area (Å²) in [4.78, 5) is 23.5. The van der Waals surface area contributed by atoms with E-state index in [4.69, 9.17) is 0 Å². The van der Waals surface area contributed by atoms with Gasteiger partial charge < -0.3 is 10.6 Å². The van der Waals surface area contributed by atoms with Gasteiger partial charge in [-0.25, -0.2) is 4.39 Å². The lowest BCUT2D eigenvalue weighted by atomic mass is 10.1. The second kappa shape index (κ2) is 7.70. The molecule has 114 valence electrons. The van der Waals surface area contributed by atoms with E-state index in [2.05, 4.69) is 26.6 Å². The molecule has 2 aromatic rings. The van der Waals surface area contributed by atoms with Gasteiger partial charge in [0, 0.05) is 4.47 Å². The van der Waals surface area contributed by atoms with Gasteiger partial charge in [-0.15, -0.1) is 0 Å². The fraction of sp³-hybridized carbons (Fsp3) is 0.125. The van der Waals surface area contributed by atoms with E-state index in [0.29, 0.717) is 11.3 Å². The number of benzene rings is 2. The molecule has 2 aromatic carbocycles. The zero-order chi connectivity index (χ0) is 15.9. The monoisotopic (exact) mass is 364 g/mol. The Bertz CT molecular complexity index is 691. The molecule has 0 aliphatic rings. The molecule has 0 spiro atoms. The number of rotatable bonds is 5. The first-order valence-corrected chi connectivity index (χ1v) is 7.39. The summed E-state index contributed by atoms with van der Waals surface area (Å²) in [5, 5.41) is 5.18. The van der Waals surface area contributed by atoms with Crippen molar-refractivity contribution >= 4 is 33.4 Å². The summed E-state index contributed by atoms with van der Waals surface area (Å²) in [5.74, 6) is -1.07. The average molecular weight is 365 g/mol. The fourth-order valence-electron chi connectivity index (χ4n) is 1.83. The standard InChI is InChI=1S/C16H14BrFN2O2/c17-13-6-1-2-7-14(13)20-16(22)10-19-15(21)9-11-4-3-5-12(18)8-11/h1-8H,9-10H2,(H,19,21)(H,20,22). The summed E-state index contributed by atoms with van der Waals surface area (Å²) in [6.07, 6.45) is 0.0278. The van der Waals surface area contributed by atoms with Crippen LogP contribution in [0.3, 0.4) is 0 Å². The largest absolute Gasteiger partial charge is 0.347 e. The van der Waals surface area contributed by atoms with Crippen LogP contribution < -0.4 is 10.6 Å². The highest BCUT2D eigenvalue weighted by atomic mass is 79.9. The van der Waals surface area contributed by atoms with Crippen molar-refractivity contribution in [2.24, 2.45) is 0 Å². The number of nitrogens with one attached hydrogen (secondary N) is 2. The summed E-state index contributed by atoms with van der Waals surface area (Å²) in [5.41, 5.74) is 1.19. The number of carbonyl (C=O) groups is 2. The molecule has 0 unspecified atom stereocenters. The highest BCUT2D eigenvalue weighted by Gasteiger charge is 2.08. The molecule has 0 fully saturated rings. The number of para-hydroxylation sites is 1. The SMILES string of the molecule is O=C(Cc1cccc(F)c1)NCC(=O)Nc1ccccc1Br. The normalized spacial score (nSPS) is 10.1. The second-order valence-corrected chi connectivity index (χ2v) is 5.47. The van der Waals surface area contributed by atoms with Gasteiger partial charge in [0.2, 0.25) is 11.8 Å². The van der Waals surface area contributed by atoms with Gasteiger partial charge in [-0.1, -0.05) is 24.3 Å². The molecule has 2 rings (SSSR count). The van der Waals surface area contributed by atoms with Gasteiger partial charge in [0.25, 0.3) is 0 Å². The van der Waals surface area contributed by atoms with Gasteiger partial charge in [0.15, 0.2) is 0 Å². The molecule has 0 heterocycles. The Hall–Kier alpha value is -2.21. The molecular weight excluding hydrogens is 351 g/mol. The summed E-state index contributed by atoms with van der Waals surface area (Å²) < 4.78 is 13.8. The maximum Gasteiger partial charge on any atom is 0.243 e. The van der Waals surface area contributed by atoms with Crippen molar-refractivity contribution in [3.63, 3.8) is 0 Å². The molecule has 0 saturated heterocycles. The zero-order valence-electron chi connectivity index (χ0n) is 11.6. The van der Waals surface area contributed by atoms with E-state index in [0.717, 1.165) is 4.47 Å². The van der Waals surface area contributed by atoms with Crippen LogP contribution in [0.2, 0.25) is 0 Å². The van der Waals surface area contributed by atoms with Crippen LogP contribution in [0, 0.1) is 5.82 Å². The molecule has 0 atom stereocenters. The Morgan fingerprint density at radius 2 is 1.82 bits per heavy atom. The van der Waals surface area contributed by atoms with Gasteiger partial charge in [-0.05, 0) is 45.8 Å². The number of carbonyl (C=O) groups excluding carboxylic acids is 2. The molecule has 22 heavy (non-hydrogen) atoms. The first-order valence-electron chi connectivity index (χ1n) is 6.60. The Morgan fingerprint density at radius 1 is 1.05 bits per heavy atom. The second-order valence-electron chi connectivity index (χ2n) is 4.61. The summed E-state index contributed by atoms with van der Waals surface area (Å²) >= 11 is 3.32. The van der Waals surface area contributed by atoms with E-state index in [1.807, 2.05) is 6.07 Å². The highest BCUT2D eigenvalue weighted by molar-refractivity contribution is 9.10. The third-order valence-corrected chi connectivity index (χ3v) is 3.54. The Morgan fingerprint density at radius 3 is 2.55 bits per heavy atom. The van der Waals surface area contributed by atoms with Crippen LogP contribution in [0.5, 0.6) is 0 Å². The smallest absolute Gasteiger partial charge is 0.243 e. The topological polar surface area (TPSA) is 58.2 Å². The molecule has 0 radical (unpaired) electrons. The lowest BCUT2D eigenvalue weighted by Gasteiger charge is -2.08. The summed E-state index contributed by atoms with van der Waals surface area (Å²) in [6.45, 7) is -0.143. The molecule has 2 amide bonds. The Kier molecular flexibility index (Phi) is 5.66. The quantitative estimate of drug-likeness (QED) is 0.856. The molecule has 0 aliphatic carbocycles. The van der Waals surface area contributed by atoms with E-state index < -0.39 is 5.82 Å². The van der Waals surface area contributed by atoms with Gasteiger partial charge >= 0.3 is 0 Å². The number of hydrogen-bond acceptors (Lipinski definition) is 2. The minimum absolute atomic E-state index is 0.0278. The summed E-state index contributed by atoms with van der Waals surface area (Å²) in [7, 11) is 0. The maximum absolute atomic E-state index is 13.0. The van der Waals surface area contributed by atoms with Crippen molar-refractivity contribution in [2.45, 2.75) is 6.42 Å². The maximum atomic E-state index is 13.0. The van der Waals surface area contributed by atoms with Gasteiger partial charge in [-0.3, -0.25) is 9.59 Å². The first-order chi connectivity index (χ1) is 10.5. The van der Waals surface area contributed by atoms with E-state index in [1.54, 1.807) is 24.3 Å². The molecule has 0 aromatic heterocycles. The minimum Gasteiger partial charge on any atom is -0.347 e. The zero-order valence-corrected chi connectivity index (χ0v) is 13.2. The molecule has 4 nitrogen and oxygen atoms in total. The Labute approximate surface area is 135 Å². The van der Waals surface area contributed by atoms with Gasteiger partial charge in [0.1, 0.15) is 5.82 Å². The molecule has 6 heteroatoms. The molecule has 2 N–H and O–H groups in total.